The topological polar surface area (TPSA) is 47.4 Å². The molecule has 5 heteroatoms. The second-order valence-corrected chi connectivity index (χ2v) is 4.35. The van der Waals surface area contributed by atoms with E-state index in [-0.39, 0.29) is 6.09 Å². The monoisotopic (exact) mass is 237 g/mol. The molecule has 5 nitrogen and oxygen atoms in total. The minimum Gasteiger partial charge on any atom is -0.450 e. The summed E-state index contributed by atoms with van der Waals surface area (Å²) in [6.45, 7) is 5.77. The molecule has 0 radical (unpaired) electrons. The summed E-state index contributed by atoms with van der Waals surface area (Å²) in [5, 5.41) is 4.42. The summed E-state index contributed by atoms with van der Waals surface area (Å²) >= 11 is 0. The van der Waals surface area contributed by atoms with E-state index in [9.17, 15) is 4.79 Å². The van der Waals surface area contributed by atoms with E-state index in [0.29, 0.717) is 12.6 Å². The van der Waals surface area contributed by atoms with Gasteiger partial charge >= 0.3 is 6.09 Å². The first-order valence-corrected chi connectivity index (χ1v) is 6.14. The summed E-state index contributed by atoms with van der Waals surface area (Å²) in [6.07, 6.45) is 3.71. The Morgan fingerprint density at radius 2 is 2.24 bits per heavy atom. The van der Waals surface area contributed by atoms with Crippen molar-refractivity contribution in [3.05, 3.63) is 18.0 Å². The fourth-order valence-corrected chi connectivity index (χ4v) is 2.16. The van der Waals surface area contributed by atoms with Crippen molar-refractivity contribution in [2.75, 3.05) is 19.7 Å². The average molecular weight is 237 g/mol. The summed E-state index contributed by atoms with van der Waals surface area (Å²) < 4.78 is 7.00. The van der Waals surface area contributed by atoms with Crippen LogP contribution in [-0.2, 0) is 4.74 Å². The van der Waals surface area contributed by atoms with Gasteiger partial charge in [0.25, 0.3) is 0 Å². The molecule has 1 aliphatic rings. The first-order valence-electron chi connectivity index (χ1n) is 6.14. The Balaban J connectivity index is 1.88. The van der Waals surface area contributed by atoms with Gasteiger partial charge in [-0.2, -0.15) is 5.10 Å². The van der Waals surface area contributed by atoms with E-state index in [1.807, 2.05) is 30.8 Å². The molecule has 1 fully saturated rings. The Bertz CT molecular complexity index is 381. The SMILES string of the molecule is CCOC(=O)N1CCC(n2ccc(C)n2)CC1. The van der Waals surface area contributed by atoms with Gasteiger partial charge < -0.3 is 9.64 Å². The molecule has 0 saturated carbocycles. The molecule has 1 saturated heterocycles. The molecule has 17 heavy (non-hydrogen) atoms. The maximum Gasteiger partial charge on any atom is 0.409 e. The van der Waals surface area contributed by atoms with E-state index in [4.69, 9.17) is 4.74 Å². The van der Waals surface area contributed by atoms with Crippen LogP contribution in [0, 0.1) is 6.92 Å². The number of piperidine rings is 1. The summed E-state index contributed by atoms with van der Waals surface area (Å²) in [5.74, 6) is 0. The zero-order valence-electron chi connectivity index (χ0n) is 10.4. The maximum atomic E-state index is 11.5. The predicted molar refractivity (Wildman–Crippen MR) is 63.8 cm³/mol. The van der Waals surface area contributed by atoms with Crippen LogP contribution in [0.4, 0.5) is 4.79 Å². The molecule has 0 bridgehead atoms. The molecular formula is C12H19N3O2. The molecule has 1 aromatic heterocycles. The van der Waals surface area contributed by atoms with E-state index < -0.39 is 0 Å². The minimum atomic E-state index is -0.192. The van der Waals surface area contributed by atoms with Crippen LogP contribution in [0.1, 0.15) is 31.5 Å². The standard InChI is InChI=1S/C12H19N3O2/c1-3-17-12(16)14-7-5-11(6-8-14)15-9-4-10(2)13-15/h4,9,11H,3,5-8H2,1-2H3. The quantitative estimate of drug-likeness (QED) is 0.790. The molecule has 0 aromatic carbocycles. The molecule has 1 amide bonds. The largest absolute Gasteiger partial charge is 0.450 e. The second-order valence-electron chi connectivity index (χ2n) is 4.35. The van der Waals surface area contributed by atoms with Gasteiger partial charge in [-0.3, -0.25) is 4.68 Å². The van der Waals surface area contributed by atoms with E-state index in [1.54, 1.807) is 4.90 Å². The number of aromatic nitrogens is 2. The van der Waals surface area contributed by atoms with Crippen LogP contribution in [0.15, 0.2) is 12.3 Å². The first-order chi connectivity index (χ1) is 8.20. The lowest BCUT2D eigenvalue weighted by Gasteiger charge is -2.31. The number of likely N-dealkylation sites (tertiary alicyclic amines) is 1. The number of aryl methyl sites for hydroxylation is 1. The van der Waals surface area contributed by atoms with Gasteiger partial charge in [-0.25, -0.2) is 4.79 Å². The van der Waals surface area contributed by atoms with Crippen molar-refractivity contribution in [2.24, 2.45) is 0 Å². The highest BCUT2D eigenvalue weighted by Gasteiger charge is 2.24. The fraction of sp³-hybridized carbons (Fsp3) is 0.667. The van der Waals surface area contributed by atoms with E-state index in [1.165, 1.54) is 0 Å². The Labute approximate surface area is 101 Å². The lowest BCUT2D eigenvalue weighted by Crippen LogP contribution is -2.39. The van der Waals surface area contributed by atoms with Gasteiger partial charge in [0, 0.05) is 19.3 Å². The molecule has 0 atom stereocenters. The molecule has 94 valence electrons. The summed E-state index contributed by atoms with van der Waals surface area (Å²) in [7, 11) is 0. The predicted octanol–water partition coefficient (Wildman–Crippen LogP) is 1.98. The summed E-state index contributed by atoms with van der Waals surface area (Å²) in [6, 6.07) is 2.42. The number of hydrogen-bond acceptors (Lipinski definition) is 3. The Morgan fingerprint density at radius 1 is 1.53 bits per heavy atom. The second kappa shape index (κ2) is 5.21. The van der Waals surface area contributed by atoms with Gasteiger partial charge in [-0.1, -0.05) is 0 Å². The molecule has 0 spiro atoms. The van der Waals surface area contributed by atoms with E-state index in [2.05, 4.69) is 5.10 Å². The van der Waals surface area contributed by atoms with Crippen molar-refractivity contribution in [1.29, 1.82) is 0 Å². The smallest absolute Gasteiger partial charge is 0.409 e. The molecule has 0 unspecified atom stereocenters. The number of amides is 1. The van der Waals surface area contributed by atoms with Gasteiger partial charge in [0.1, 0.15) is 0 Å². The van der Waals surface area contributed by atoms with Crippen molar-refractivity contribution in [3.8, 4) is 0 Å². The van der Waals surface area contributed by atoms with Crippen LogP contribution in [0.3, 0.4) is 0 Å². The Kier molecular flexibility index (Phi) is 3.66. The van der Waals surface area contributed by atoms with E-state index >= 15 is 0 Å². The highest BCUT2D eigenvalue weighted by atomic mass is 16.6. The molecule has 0 aliphatic carbocycles. The maximum absolute atomic E-state index is 11.5. The van der Waals surface area contributed by atoms with Crippen molar-refractivity contribution >= 4 is 6.09 Å². The van der Waals surface area contributed by atoms with Gasteiger partial charge in [0.15, 0.2) is 0 Å². The van der Waals surface area contributed by atoms with Gasteiger partial charge in [-0.15, -0.1) is 0 Å². The molecule has 2 rings (SSSR count). The molecule has 2 heterocycles. The number of rotatable bonds is 2. The third kappa shape index (κ3) is 2.78. The Hall–Kier alpha value is -1.52. The van der Waals surface area contributed by atoms with Crippen LogP contribution >= 0.6 is 0 Å². The zero-order chi connectivity index (χ0) is 12.3. The highest BCUT2D eigenvalue weighted by Crippen LogP contribution is 2.22. The third-order valence-corrected chi connectivity index (χ3v) is 3.11. The van der Waals surface area contributed by atoms with Crippen LogP contribution < -0.4 is 0 Å². The lowest BCUT2D eigenvalue weighted by atomic mass is 10.1. The van der Waals surface area contributed by atoms with E-state index in [0.717, 1.165) is 31.6 Å². The van der Waals surface area contributed by atoms with Crippen LogP contribution in [0.2, 0.25) is 0 Å². The van der Waals surface area contributed by atoms with Gasteiger partial charge in [-0.05, 0) is 32.8 Å². The third-order valence-electron chi connectivity index (χ3n) is 3.11. The van der Waals surface area contributed by atoms with Gasteiger partial charge in [0.05, 0.1) is 18.3 Å². The molecule has 0 N–H and O–H groups in total. The number of hydrogen-bond donors (Lipinski definition) is 0. The number of carbonyl (C=O) groups is 1. The summed E-state index contributed by atoms with van der Waals surface area (Å²) in [5.41, 5.74) is 1.04. The average Bonchev–Trinajstić information content (AvgIpc) is 2.76. The Morgan fingerprint density at radius 3 is 2.76 bits per heavy atom. The zero-order valence-corrected chi connectivity index (χ0v) is 10.4. The van der Waals surface area contributed by atoms with Crippen molar-refractivity contribution < 1.29 is 9.53 Å². The van der Waals surface area contributed by atoms with Crippen molar-refractivity contribution in [2.45, 2.75) is 32.7 Å². The van der Waals surface area contributed by atoms with Crippen molar-refractivity contribution in [1.82, 2.24) is 14.7 Å². The fourth-order valence-electron chi connectivity index (χ4n) is 2.16. The van der Waals surface area contributed by atoms with Crippen LogP contribution in [0.5, 0.6) is 0 Å². The number of ether oxygens (including phenoxy) is 1. The van der Waals surface area contributed by atoms with Crippen LogP contribution in [-0.4, -0.2) is 40.5 Å². The van der Waals surface area contributed by atoms with Gasteiger partial charge in [0.2, 0.25) is 0 Å². The van der Waals surface area contributed by atoms with Crippen LogP contribution in [0.25, 0.3) is 0 Å². The molecule has 1 aromatic rings. The first kappa shape index (κ1) is 12.0. The van der Waals surface area contributed by atoms with Crippen molar-refractivity contribution in [3.63, 3.8) is 0 Å². The highest BCUT2D eigenvalue weighted by molar-refractivity contribution is 5.67. The number of nitrogens with zero attached hydrogens (tertiary/aromatic N) is 3. The summed E-state index contributed by atoms with van der Waals surface area (Å²) in [4.78, 5) is 13.3. The minimum absolute atomic E-state index is 0.192. The molecular weight excluding hydrogens is 218 g/mol. The lowest BCUT2D eigenvalue weighted by molar-refractivity contribution is 0.0915. The number of carbonyl (C=O) groups excluding carboxylic acids is 1. The normalized spacial score (nSPS) is 17.2. The molecule has 1 aliphatic heterocycles.